The molecule has 1 fully saturated rings. The zero-order chi connectivity index (χ0) is 23.0. The molecule has 5 rings (SSSR count). The zero-order valence-corrected chi connectivity index (χ0v) is 19.9. The third kappa shape index (κ3) is 4.16. The summed E-state index contributed by atoms with van der Waals surface area (Å²) in [7, 11) is -3.73. The smallest absolute Gasteiger partial charge is 0.210 e. The molecule has 0 spiro atoms. The van der Waals surface area contributed by atoms with Crippen molar-refractivity contribution in [3.63, 3.8) is 0 Å². The van der Waals surface area contributed by atoms with Crippen molar-refractivity contribution in [2.75, 3.05) is 36.0 Å². The molecule has 7 heteroatoms. The Kier molecular flexibility index (Phi) is 5.72. The summed E-state index contributed by atoms with van der Waals surface area (Å²) in [6.07, 6.45) is 1.51. The highest BCUT2D eigenvalue weighted by Gasteiger charge is 2.28. The number of pyridine rings is 1. The number of benzene rings is 3. The van der Waals surface area contributed by atoms with Gasteiger partial charge in [0.05, 0.1) is 16.1 Å². The lowest BCUT2D eigenvalue weighted by molar-refractivity contribution is 0.594. The quantitative estimate of drug-likeness (QED) is 0.396. The van der Waals surface area contributed by atoms with Gasteiger partial charge in [0.15, 0.2) is 0 Å². The molecule has 0 radical (unpaired) electrons. The van der Waals surface area contributed by atoms with Gasteiger partial charge in [-0.25, -0.2) is 8.42 Å². The van der Waals surface area contributed by atoms with Gasteiger partial charge in [-0.15, -0.1) is 0 Å². The molecule has 0 amide bonds. The van der Waals surface area contributed by atoms with Crippen LogP contribution in [0.1, 0.15) is 5.56 Å². The van der Waals surface area contributed by atoms with Crippen LogP contribution in [-0.4, -0.2) is 39.6 Å². The predicted molar refractivity (Wildman–Crippen MR) is 134 cm³/mol. The first-order valence-electron chi connectivity index (χ1n) is 10.9. The highest BCUT2D eigenvalue weighted by Crippen LogP contribution is 2.37. The molecule has 0 saturated carbocycles. The first kappa shape index (κ1) is 21.7. The highest BCUT2D eigenvalue weighted by molar-refractivity contribution is 7.91. The molecule has 0 N–H and O–H groups in total. The van der Waals surface area contributed by atoms with E-state index in [4.69, 9.17) is 11.6 Å². The van der Waals surface area contributed by atoms with E-state index in [-0.39, 0.29) is 9.79 Å². The molecule has 1 saturated heterocycles. The topological polar surface area (TPSA) is 53.5 Å². The van der Waals surface area contributed by atoms with Crippen molar-refractivity contribution in [3.8, 4) is 0 Å². The van der Waals surface area contributed by atoms with E-state index in [9.17, 15) is 8.42 Å². The number of sulfone groups is 1. The number of piperazine rings is 1. The van der Waals surface area contributed by atoms with Crippen LogP contribution in [0.3, 0.4) is 0 Å². The molecule has 5 nitrogen and oxygen atoms in total. The average Bonchev–Trinajstić information content (AvgIpc) is 2.84. The van der Waals surface area contributed by atoms with Crippen molar-refractivity contribution >= 4 is 43.7 Å². The Morgan fingerprint density at radius 2 is 1.52 bits per heavy atom. The van der Waals surface area contributed by atoms with Gasteiger partial charge >= 0.3 is 0 Å². The highest BCUT2D eigenvalue weighted by atomic mass is 35.5. The molecule has 0 atom stereocenters. The molecule has 0 aliphatic carbocycles. The van der Waals surface area contributed by atoms with Crippen molar-refractivity contribution in [1.29, 1.82) is 0 Å². The van der Waals surface area contributed by atoms with Crippen molar-refractivity contribution in [3.05, 3.63) is 89.6 Å². The fourth-order valence-corrected chi connectivity index (χ4v) is 5.94. The van der Waals surface area contributed by atoms with E-state index in [1.54, 1.807) is 24.3 Å². The van der Waals surface area contributed by atoms with Crippen molar-refractivity contribution in [1.82, 2.24) is 4.98 Å². The van der Waals surface area contributed by atoms with Gasteiger partial charge in [-0.3, -0.25) is 4.98 Å². The summed E-state index contributed by atoms with van der Waals surface area (Å²) in [5.74, 6) is 0. The Morgan fingerprint density at radius 1 is 0.848 bits per heavy atom. The van der Waals surface area contributed by atoms with Gasteiger partial charge < -0.3 is 9.80 Å². The molecular weight excluding hydrogens is 454 g/mol. The molecule has 2 heterocycles. The molecule has 1 aromatic heterocycles. The van der Waals surface area contributed by atoms with Gasteiger partial charge in [0, 0.05) is 48.5 Å². The van der Waals surface area contributed by atoms with Crippen molar-refractivity contribution in [2.45, 2.75) is 16.7 Å². The molecule has 3 aromatic carbocycles. The van der Waals surface area contributed by atoms with Crippen LogP contribution >= 0.6 is 11.6 Å². The molecular formula is C26H24ClN3O2S. The fraction of sp³-hybridized carbons (Fsp3) is 0.192. The summed E-state index contributed by atoms with van der Waals surface area (Å²) in [4.78, 5) is 9.53. The third-order valence-corrected chi connectivity index (χ3v) is 8.11. The van der Waals surface area contributed by atoms with E-state index in [1.165, 1.54) is 6.20 Å². The lowest BCUT2D eigenvalue weighted by atomic mass is 10.1. The van der Waals surface area contributed by atoms with Crippen LogP contribution in [0.4, 0.5) is 11.4 Å². The number of fused-ring (bicyclic) bond motifs is 1. The summed E-state index contributed by atoms with van der Waals surface area (Å²) in [5.41, 5.74) is 3.72. The van der Waals surface area contributed by atoms with Crippen LogP contribution in [0.2, 0.25) is 5.02 Å². The first-order valence-corrected chi connectivity index (χ1v) is 12.7. The molecule has 168 valence electrons. The van der Waals surface area contributed by atoms with Gasteiger partial charge in [-0.1, -0.05) is 41.4 Å². The fourth-order valence-electron chi connectivity index (χ4n) is 4.36. The normalized spacial score (nSPS) is 14.6. The predicted octanol–water partition coefficient (Wildman–Crippen LogP) is 5.36. The maximum absolute atomic E-state index is 13.7. The van der Waals surface area contributed by atoms with Gasteiger partial charge in [-0.05, 0) is 55.5 Å². The molecule has 0 bridgehead atoms. The second-order valence-electron chi connectivity index (χ2n) is 8.26. The van der Waals surface area contributed by atoms with Crippen molar-refractivity contribution < 1.29 is 8.42 Å². The van der Waals surface area contributed by atoms with E-state index < -0.39 is 9.84 Å². The van der Waals surface area contributed by atoms with E-state index in [0.29, 0.717) is 18.1 Å². The molecule has 33 heavy (non-hydrogen) atoms. The Bertz CT molecular complexity index is 1400. The van der Waals surface area contributed by atoms with Crippen LogP contribution in [0, 0.1) is 6.92 Å². The van der Waals surface area contributed by atoms with Crippen LogP contribution < -0.4 is 9.80 Å². The Balaban J connectivity index is 1.57. The van der Waals surface area contributed by atoms with Gasteiger partial charge in [0.25, 0.3) is 0 Å². The summed E-state index contributed by atoms with van der Waals surface area (Å²) in [6.45, 7) is 4.98. The number of hydrogen-bond acceptors (Lipinski definition) is 5. The summed E-state index contributed by atoms with van der Waals surface area (Å²) in [5, 5.41) is 1.58. The van der Waals surface area contributed by atoms with Gasteiger partial charge in [0.1, 0.15) is 4.90 Å². The second kappa shape index (κ2) is 8.69. The second-order valence-corrected chi connectivity index (χ2v) is 10.6. The lowest BCUT2D eigenvalue weighted by Gasteiger charge is -2.38. The summed E-state index contributed by atoms with van der Waals surface area (Å²) >= 11 is 6.04. The monoisotopic (exact) mass is 477 g/mol. The Hall–Kier alpha value is -3.09. The number of halogens is 1. The maximum Gasteiger partial charge on any atom is 0.210 e. The van der Waals surface area contributed by atoms with E-state index in [2.05, 4.69) is 14.8 Å². The van der Waals surface area contributed by atoms with Crippen LogP contribution in [0.15, 0.2) is 88.8 Å². The molecule has 4 aromatic rings. The maximum atomic E-state index is 13.7. The molecule has 1 aliphatic rings. The van der Waals surface area contributed by atoms with E-state index >= 15 is 0 Å². The van der Waals surface area contributed by atoms with Crippen LogP contribution in [0.5, 0.6) is 0 Å². The van der Waals surface area contributed by atoms with Crippen LogP contribution in [-0.2, 0) is 9.84 Å². The van der Waals surface area contributed by atoms with Gasteiger partial charge in [-0.2, -0.15) is 0 Å². The summed E-state index contributed by atoms with van der Waals surface area (Å²) < 4.78 is 27.3. The van der Waals surface area contributed by atoms with E-state index in [1.807, 2.05) is 55.5 Å². The Morgan fingerprint density at radius 3 is 2.21 bits per heavy atom. The lowest BCUT2D eigenvalue weighted by Crippen LogP contribution is -2.47. The average molecular weight is 478 g/mol. The van der Waals surface area contributed by atoms with Crippen molar-refractivity contribution in [2.24, 2.45) is 0 Å². The van der Waals surface area contributed by atoms with E-state index in [0.717, 1.165) is 40.9 Å². The SMILES string of the molecule is Cc1ccc2ncc(S(=O)(=O)c3ccccc3)c(N3CCN(c4ccc(Cl)cc4)CC3)c2c1. The number of anilines is 2. The number of rotatable bonds is 4. The standard InChI is InChI=1S/C26H24ClN3O2S/c1-19-7-12-24-23(17-19)26(25(18-28-24)33(31,32)22-5-3-2-4-6-22)30-15-13-29(14-16-30)21-10-8-20(27)9-11-21/h2-12,17-18H,13-16H2,1H3. The van der Waals surface area contributed by atoms with Gasteiger partial charge in [0.2, 0.25) is 9.84 Å². The molecule has 1 aliphatic heterocycles. The number of hydrogen-bond donors (Lipinski definition) is 0. The minimum atomic E-state index is -3.73. The number of nitrogens with zero attached hydrogens (tertiary/aromatic N) is 3. The first-order chi connectivity index (χ1) is 15.9. The summed E-state index contributed by atoms with van der Waals surface area (Å²) in [6, 6.07) is 22.4. The number of aryl methyl sites for hydroxylation is 1. The minimum absolute atomic E-state index is 0.256. The number of aromatic nitrogens is 1. The zero-order valence-electron chi connectivity index (χ0n) is 18.3. The van der Waals surface area contributed by atoms with Crippen LogP contribution in [0.25, 0.3) is 10.9 Å². The molecule has 0 unspecified atom stereocenters. The third-order valence-electron chi connectivity index (χ3n) is 6.09. The largest absolute Gasteiger partial charge is 0.368 e. The Labute approximate surface area is 199 Å². The minimum Gasteiger partial charge on any atom is -0.368 e.